The van der Waals surface area contributed by atoms with E-state index in [2.05, 4.69) is 17.6 Å². The molecule has 5 amide bonds. The molecule has 370 valence electrons. The maximum absolute atomic E-state index is 13.2. The number of hydrogen-bond acceptors (Lipinski definition) is 15. The van der Waals surface area contributed by atoms with Gasteiger partial charge < -0.3 is 52.7 Å². The first-order chi connectivity index (χ1) is 31.9. The molecule has 2 N–H and O–H groups in total. The maximum atomic E-state index is 13.2. The first-order valence-electron chi connectivity index (χ1n) is 23.9. The smallest absolute Gasteiger partial charge is 0.264 e. The molecule has 1 aromatic rings. The van der Waals surface area contributed by atoms with E-state index in [0.717, 1.165) is 30.8 Å². The predicted molar refractivity (Wildman–Crippen MR) is 241 cm³/mol. The first-order valence-corrected chi connectivity index (χ1v) is 23.9. The van der Waals surface area contributed by atoms with Crippen LogP contribution in [0.1, 0.15) is 118 Å². The van der Waals surface area contributed by atoms with Gasteiger partial charge in [0, 0.05) is 26.1 Å². The summed E-state index contributed by atoms with van der Waals surface area (Å²) in [4.78, 5) is 63.6. The lowest BCUT2D eigenvalue weighted by atomic mass is 10.0. The fourth-order valence-corrected chi connectivity index (χ4v) is 6.92. The fourth-order valence-electron chi connectivity index (χ4n) is 6.92. The summed E-state index contributed by atoms with van der Waals surface area (Å²) >= 11 is 0. The summed E-state index contributed by atoms with van der Waals surface area (Å²) in [5.74, 6) is -2.71. The Bertz CT molecular complexity index is 1470. The second-order valence-corrected chi connectivity index (χ2v) is 15.6. The summed E-state index contributed by atoms with van der Waals surface area (Å²) < 4.78 is 55.4. The molecule has 1 atom stereocenters. The minimum atomic E-state index is -1.07. The number of benzene rings is 1. The van der Waals surface area contributed by atoms with Gasteiger partial charge in [-0.1, -0.05) is 64.4 Å². The minimum Gasteiger partial charge on any atom is -0.379 e. The predicted octanol–water partition coefficient (Wildman–Crippen LogP) is 4.89. The summed E-state index contributed by atoms with van der Waals surface area (Å²) in [5.41, 5.74) is 0.386. The quantitative estimate of drug-likeness (QED) is 0.0661. The van der Waals surface area contributed by atoms with E-state index < -0.39 is 29.7 Å². The van der Waals surface area contributed by atoms with E-state index in [1.165, 1.54) is 51.0 Å². The molecule has 3 rings (SSSR count). The van der Waals surface area contributed by atoms with Crippen molar-refractivity contribution >= 4 is 35.2 Å². The molecule has 2 aliphatic rings. The molecular weight excluding hydrogens is 847 g/mol. The number of nitrogens with zero attached hydrogens (tertiary/aromatic N) is 1. The van der Waals surface area contributed by atoms with Crippen molar-refractivity contribution in [2.45, 2.75) is 103 Å². The lowest BCUT2D eigenvalue weighted by Crippen LogP contribution is -2.54. The van der Waals surface area contributed by atoms with Gasteiger partial charge in [0.15, 0.2) is 0 Å². The Kier molecular flexibility index (Phi) is 32.4. The number of rotatable bonds is 44. The Hall–Kier alpha value is -3.43. The highest BCUT2D eigenvalue weighted by Crippen LogP contribution is 2.32. The summed E-state index contributed by atoms with van der Waals surface area (Å²) in [7, 11) is 0. The van der Waals surface area contributed by atoms with Gasteiger partial charge in [0.1, 0.15) is 6.04 Å². The van der Waals surface area contributed by atoms with E-state index in [0.29, 0.717) is 132 Å². The zero-order valence-corrected chi connectivity index (χ0v) is 38.9. The second kappa shape index (κ2) is 37.6. The molecule has 0 saturated carbocycles. The zero-order chi connectivity index (χ0) is 46.4. The monoisotopic (exact) mass is 924 g/mol. The van der Waals surface area contributed by atoms with Crippen molar-refractivity contribution in [3.8, 4) is 0 Å². The van der Waals surface area contributed by atoms with E-state index >= 15 is 0 Å². The SMILES string of the molecule is CCCCCCCCCCOCCOCCOCCOCCOCCOCCOCCOCCOCCOCCCCCC(=O)Nc1cccc2c1C(=O)N(C1CCC(=O)NC1=O)C2=O. The average molecular weight is 924 g/mol. The first kappa shape index (κ1) is 55.9. The molecule has 18 nitrogen and oxygen atoms in total. The molecular formula is C47H77N3O15. The van der Waals surface area contributed by atoms with Gasteiger partial charge >= 0.3 is 0 Å². The van der Waals surface area contributed by atoms with Crippen LogP contribution in [-0.2, 0) is 61.8 Å². The van der Waals surface area contributed by atoms with Crippen LogP contribution < -0.4 is 10.6 Å². The summed E-state index contributed by atoms with van der Waals surface area (Å²) in [6.45, 7) is 12.6. The number of ether oxygens (including phenoxy) is 10. The van der Waals surface area contributed by atoms with Crippen molar-refractivity contribution in [2.75, 3.05) is 137 Å². The van der Waals surface area contributed by atoms with Gasteiger partial charge in [-0.2, -0.15) is 0 Å². The highest BCUT2D eigenvalue weighted by molar-refractivity contribution is 6.26. The highest BCUT2D eigenvalue weighted by atomic mass is 16.6. The number of piperidine rings is 1. The van der Waals surface area contributed by atoms with Crippen LogP contribution in [-0.4, -0.2) is 173 Å². The molecule has 65 heavy (non-hydrogen) atoms. The number of carbonyl (C=O) groups excluding carboxylic acids is 5. The second-order valence-electron chi connectivity index (χ2n) is 15.6. The lowest BCUT2D eigenvalue weighted by Gasteiger charge is -2.27. The van der Waals surface area contributed by atoms with Gasteiger partial charge in [0.05, 0.1) is 136 Å². The van der Waals surface area contributed by atoms with Gasteiger partial charge in [0.25, 0.3) is 11.8 Å². The van der Waals surface area contributed by atoms with E-state index in [1.54, 1.807) is 12.1 Å². The van der Waals surface area contributed by atoms with E-state index in [1.807, 2.05) is 0 Å². The Morgan fingerprint density at radius 3 is 1.37 bits per heavy atom. The molecule has 0 aliphatic carbocycles. The van der Waals surface area contributed by atoms with Crippen LogP contribution in [0, 0.1) is 0 Å². The standard InChI is InChI=1S/C47H77N3O15/c1-2-3-4-5-6-7-8-11-19-56-21-23-58-25-27-60-29-31-62-33-35-64-37-38-65-36-34-63-32-30-61-28-26-59-24-22-57-20-12-9-10-16-42(51)48-40-15-13-14-39-44(40)47(55)50(46(39)54)41-17-18-43(52)49-45(41)53/h13-15,41H,2-12,16-38H2,1H3,(H,48,51)(H,49,52,53). The summed E-state index contributed by atoms with van der Waals surface area (Å²) in [6, 6.07) is 3.54. The number of imide groups is 2. The molecule has 2 heterocycles. The number of nitrogens with one attached hydrogen (secondary N) is 2. The third-order valence-corrected chi connectivity index (χ3v) is 10.4. The Balaban J connectivity index is 0.971. The molecule has 1 aromatic carbocycles. The van der Waals surface area contributed by atoms with Crippen LogP contribution in [0.3, 0.4) is 0 Å². The van der Waals surface area contributed by atoms with E-state index in [-0.39, 0.29) is 42.0 Å². The van der Waals surface area contributed by atoms with Crippen molar-refractivity contribution in [2.24, 2.45) is 0 Å². The molecule has 18 heteroatoms. The molecule has 1 fully saturated rings. The summed E-state index contributed by atoms with van der Waals surface area (Å²) in [5, 5.41) is 4.91. The van der Waals surface area contributed by atoms with Crippen molar-refractivity contribution in [1.82, 2.24) is 10.2 Å². The van der Waals surface area contributed by atoms with Crippen molar-refractivity contribution in [3.63, 3.8) is 0 Å². The zero-order valence-electron chi connectivity index (χ0n) is 38.9. The van der Waals surface area contributed by atoms with Crippen LogP contribution in [0.25, 0.3) is 0 Å². The number of anilines is 1. The molecule has 0 aromatic heterocycles. The van der Waals surface area contributed by atoms with Crippen LogP contribution in [0.2, 0.25) is 0 Å². The molecule has 2 aliphatic heterocycles. The lowest BCUT2D eigenvalue weighted by molar-refractivity contribution is -0.136. The van der Waals surface area contributed by atoms with Crippen LogP contribution in [0.5, 0.6) is 0 Å². The van der Waals surface area contributed by atoms with Crippen LogP contribution >= 0.6 is 0 Å². The van der Waals surface area contributed by atoms with Crippen molar-refractivity contribution < 1.29 is 71.3 Å². The molecule has 0 radical (unpaired) electrons. The third-order valence-electron chi connectivity index (χ3n) is 10.4. The number of hydrogen-bond donors (Lipinski definition) is 2. The number of unbranched alkanes of at least 4 members (excludes halogenated alkanes) is 9. The van der Waals surface area contributed by atoms with Gasteiger partial charge in [-0.05, 0) is 37.8 Å². The Morgan fingerprint density at radius 2 is 0.938 bits per heavy atom. The molecule has 1 unspecified atom stereocenters. The molecule has 0 bridgehead atoms. The Morgan fingerprint density at radius 1 is 0.538 bits per heavy atom. The van der Waals surface area contributed by atoms with Gasteiger partial charge in [-0.15, -0.1) is 0 Å². The van der Waals surface area contributed by atoms with Crippen molar-refractivity contribution in [3.05, 3.63) is 29.3 Å². The number of fused-ring (bicyclic) bond motifs is 1. The van der Waals surface area contributed by atoms with Gasteiger partial charge in [-0.25, -0.2) is 0 Å². The minimum absolute atomic E-state index is 0.0289. The third kappa shape index (κ3) is 25.3. The highest BCUT2D eigenvalue weighted by Gasteiger charge is 2.45. The van der Waals surface area contributed by atoms with Crippen LogP contribution in [0.4, 0.5) is 5.69 Å². The summed E-state index contributed by atoms with van der Waals surface area (Å²) in [6.07, 6.45) is 12.9. The largest absolute Gasteiger partial charge is 0.379 e. The van der Waals surface area contributed by atoms with Gasteiger partial charge in [0.2, 0.25) is 17.7 Å². The van der Waals surface area contributed by atoms with Crippen LogP contribution in [0.15, 0.2) is 18.2 Å². The maximum Gasteiger partial charge on any atom is 0.264 e. The Labute approximate surface area is 385 Å². The number of amides is 5. The van der Waals surface area contributed by atoms with E-state index in [4.69, 9.17) is 47.4 Å². The van der Waals surface area contributed by atoms with E-state index in [9.17, 15) is 24.0 Å². The fraction of sp³-hybridized carbons (Fsp3) is 0.766. The van der Waals surface area contributed by atoms with Gasteiger partial charge in [-0.3, -0.25) is 34.2 Å². The topological polar surface area (TPSA) is 205 Å². The normalized spacial score (nSPS) is 15.0. The molecule has 0 spiro atoms. The average Bonchev–Trinajstić information content (AvgIpc) is 3.55. The van der Waals surface area contributed by atoms with Crippen molar-refractivity contribution in [1.29, 1.82) is 0 Å². The number of carbonyl (C=O) groups is 5. The molecule has 1 saturated heterocycles.